The first-order valence-corrected chi connectivity index (χ1v) is 3.30. The average Bonchev–Trinajstić information content (AvgIpc) is 2.12. The summed E-state index contributed by atoms with van der Waals surface area (Å²) < 4.78 is 0. The highest BCUT2D eigenvalue weighted by atomic mass is 16.4. The highest BCUT2D eigenvalue weighted by Crippen LogP contribution is 2.00. The predicted octanol–water partition coefficient (Wildman–Crippen LogP) is -4.62. The molecule has 0 aliphatic carbocycles. The molecule has 0 rings (SSSR count). The normalized spacial score (nSPS) is 17.5. The largest absolute Gasteiger partial charge is 0.547 e. The van der Waals surface area contributed by atoms with E-state index in [0.29, 0.717) is 0 Å². The summed E-state index contributed by atoms with van der Waals surface area (Å²) in [6, 6.07) is 0. The second-order valence-electron chi connectivity index (χ2n) is 2.32. The van der Waals surface area contributed by atoms with Gasteiger partial charge in [-0.25, -0.2) is 0 Å². The van der Waals surface area contributed by atoms with Gasteiger partial charge in [0.25, 0.3) is 0 Å². The van der Waals surface area contributed by atoms with Crippen molar-refractivity contribution in [3.8, 4) is 0 Å². The zero-order chi connectivity index (χ0) is 10.6. The van der Waals surface area contributed by atoms with Crippen molar-refractivity contribution in [2.24, 2.45) is 0 Å². The molecule has 0 saturated heterocycles. The van der Waals surface area contributed by atoms with Crippen molar-refractivity contribution in [3.05, 3.63) is 0 Å². The molecule has 0 aromatic rings. The molecule has 13 heavy (non-hydrogen) atoms. The summed E-state index contributed by atoms with van der Waals surface area (Å²) in [6.07, 6.45) is -6.71. The van der Waals surface area contributed by atoms with Gasteiger partial charge in [0, 0.05) is 0 Å². The van der Waals surface area contributed by atoms with Crippen LogP contribution in [-0.2, 0) is 9.59 Å². The molecule has 0 aliphatic heterocycles. The minimum atomic E-state index is -2.37. The number of carboxylic acid groups (broad SMARTS) is 1. The third-order valence-corrected chi connectivity index (χ3v) is 1.37. The van der Waals surface area contributed by atoms with Crippen LogP contribution in [0.25, 0.3) is 0 Å². The molecule has 0 spiro atoms. The number of hydrogen-bond acceptors (Lipinski definition) is 7. The lowest BCUT2D eigenvalue weighted by Crippen LogP contribution is -2.51. The van der Waals surface area contributed by atoms with Crippen LogP contribution >= 0.6 is 0 Å². The van der Waals surface area contributed by atoms with Crippen molar-refractivity contribution in [2.75, 3.05) is 6.61 Å². The quantitative estimate of drug-likeness (QED) is 0.344. The number of aliphatic carboxylic acids is 1. The molecule has 0 aromatic carbocycles. The number of carboxylic acids is 1. The Labute approximate surface area is 72.9 Å². The van der Waals surface area contributed by atoms with E-state index in [1.165, 1.54) is 0 Å². The van der Waals surface area contributed by atoms with Gasteiger partial charge in [0.05, 0.1) is 5.97 Å². The molecule has 4 N–H and O–H groups in total. The lowest BCUT2D eigenvalue weighted by atomic mass is 10.1. The molecule has 0 fully saturated rings. The van der Waals surface area contributed by atoms with Gasteiger partial charge in [0.2, 0.25) is 0 Å². The minimum absolute atomic E-state index is 1.06. The molecular weight excluding hydrogens is 184 g/mol. The monoisotopic (exact) mass is 193 g/mol. The van der Waals surface area contributed by atoms with Crippen LogP contribution in [0.3, 0.4) is 0 Å². The summed E-state index contributed by atoms with van der Waals surface area (Å²) in [5.41, 5.74) is 0. The number of carbonyl (C=O) groups is 2. The van der Waals surface area contributed by atoms with E-state index in [0.717, 1.165) is 0 Å². The van der Waals surface area contributed by atoms with Gasteiger partial charge >= 0.3 is 0 Å². The van der Waals surface area contributed by atoms with Crippen LogP contribution in [0.5, 0.6) is 0 Å². The van der Waals surface area contributed by atoms with Crippen molar-refractivity contribution in [2.45, 2.75) is 18.3 Å². The number of rotatable bonds is 5. The molecule has 0 aliphatic rings. The van der Waals surface area contributed by atoms with Crippen LogP contribution in [0, 0.1) is 0 Å². The Balaban J connectivity index is 4.32. The first-order chi connectivity index (χ1) is 5.91. The van der Waals surface area contributed by atoms with E-state index in [1.54, 1.807) is 0 Å². The summed E-state index contributed by atoms with van der Waals surface area (Å²) in [5, 5.41) is 44.4. The third-order valence-electron chi connectivity index (χ3n) is 1.37. The Morgan fingerprint density at radius 1 is 1.15 bits per heavy atom. The number of Topliss-reactive ketones (excluding diaryl/α,β-unsaturated/α-hetero) is 1. The Morgan fingerprint density at radius 3 is 1.92 bits per heavy atom. The van der Waals surface area contributed by atoms with Gasteiger partial charge in [-0.3, -0.25) is 4.79 Å². The van der Waals surface area contributed by atoms with E-state index in [4.69, 9.17) is 20.4 Å². The van der Waals surface area contributed by atoms with Gasteiger partial charge in [-0.1, -0.05) is 0 Å². The zero-order valence-corrected chi connectivity index (χ0v) is 6.45. The molecule has 0 bridgehead atoms. The van der Waals surface area contributed by atoms with Crippen LogP contribution in [0.15, 0.2) is 0 Å². The van der Waals surface area contributed by atoms with E-state index in [-0.39, 0.29) is 0 Å². The third kappa shape index (κ3) is 3.07. The van der Waals surface area contributed by atoms with Gasteiger partial charge in [-0.15, -0.1) is 0 Å². The smallest absolute Gasteiger partial charge is 0.189 e. The van der Waals surface area contributed by atoms with Gasteiger partial charge in [-0.2, -0.15) is 0 Å². The molecule has 0 saturated carbocycles. The first kappa shape index (κ1) is 12.0. The van der Waals surface area contributed by atoms with Gasteiger partial charge in [0.15, 0.2) is 5.78 Å². The standard InChI is InChI=1S/C6H10O7/c7-1-2(8)3(9)4(10)5(11)6(12)13/h3-5,7,9-11H,1H2,(H,12,13)/p-1. The Bertz CT molecular complexity index is 201. The second-order valence-corrected chi connectivity index (χ2v) is 2.32. The molecule has 76 valence electrons. The Morgan fingerprint density at radius 2 is 1.62 bits per heavy atom. The van der Waals surface area contributed by atoms with E-state index < -0.39 is 36.7 Å². The Kier molecular flexibility index (Phi) is 4.49. The summed E-state index contributed by atoms with van der Waals surface area (Å²) in [7, 11) is 0. The highest BCUT2D eigenvalue weighted by molar-refractivity contribution is 5.85. The lowest BCUT2D eigenvalue weighted by Gasteiger charge is -2.21. The molecule has 0 heterocycles. The molecule has 7 nitrogen and oxygen atoms in total. The molecule has 3 unspecified atom stereocenters. The molecule has 0 radical (unpaired) electrons. The van der Waals surface area contributed by atoms with Crippen LogP contribution < -0.4 is 5.11 Å². The van der Waals surface area contributed by atoms with Crippen LogP contribution in [0.4, 0.5) is 0 Å². The maximum absolute atomic E-state index is 10.5. The highest BCUT2D eigenvalue weighted by Gasteiger charge is 2.30. The van der Waals surface area contributed by atoms with Crippen molar-refractivity contribution >= 4 is 11.8 Å². The van der Waals surface area contributed by atoms with Crippen LogP contribution in [-0.4, -0.2) is 57.1 Å². The lowest BCUT2D eigenvalue weighted by molar-refractivity contribution is -0.319. The summed E-state index contributed by atoms with van der Waals surface area (Å²) in [4.78, 5) is 20.4. The fraction of sp³-hybridized carbons (Fsp3) is 0.667. The van der Waals surface area contributed by atoms with Gasteiger partial charge in [-0.05, 0) is 0 Å². The van der Waals surface area contributed by atoms with E-state index >= 15 is 0 Å². The molecule has 0 amide bonds. The fourth-order valence-electron chi connectivity index (χ4n) is 0.596. The predicted molar refractivity (Wildman–Crippen MR) is 35.1 cm³/mol. The second kappa shape index (κ2) is 4.87. The number of hydrogen-bond donors (Lipinski definition) is 4. The molecule has 0 aromatic heterocycles. The topological polar surface area (TPSA) is 138 Å². The van der Waals surface area contributed by atoms with Crippen LogP contribution in [0.2, 0.25) is 0 Å². The SMILES string of the molecule is O=C([O-])C(O)C(O)C(O)C(=O)CO. The van der Waals surface area contributed by atoms with Gasteiger partial charge in [0.1, 0.15) is 24.9 Å². The first-order valence-electron chi connectivity index (χ1n) is 3.30. The maximum Gasteiger partial charge on any atom is 0.189 e. The Hall–Kier alpha value is -1.02. The molecule has 3 atom stereocenters. The van der Waals surface area contributed by atoms with Crippen molar-refractivity contribution in [1.82, 2.24) is 0 Å². The number of ketones is 1. The number of aliphatic hydroxyl groups excluding tert-OH is 4. The molecular formula is C6H9O7-. The van der Waals surface area contributed by atoms with Crippen molar-refractivity contribution < 1.29 is 35.1 Å². The minimum Gasteiger partial charge on any atom is -0.547 e. The van der Waals surface area contributed by atoms with Gasteiger partial charge < -0.3 is 30.3 Å². The number of aliphatic hydroxyl groups is 4. The van der Waals surface area contributed by atoms with E-state index in [9.17, 15) is 14.7 Å². The number of carbonyl (C=O) groups excluding carboxylic acids is 2. The zero-order valence-electron chi connectivity index (χ0n) is 6.45. The summed E-state index contributed by atoms with van der Waals surface area (Å²) in [6.45, 7) is -1.06. The van der Waals surface area contributed by atoms with Crippen LogP contribution in [0.1, 0.15) is 0 Å². The van der Waals surface area contributed by atoms with E-state index in [2.05, 4.69) is 0 Å². The maximum atomic E-state index is 10.5. The van der Waals surface area contributed by atoms with Crippen molar-refractivity contribution in [3.63, 3.8) is 0 Å². The average molecular weight is 193 g/mol. The van der Waals surface area contributed by atoms with Crippen molar-refractivity contribution in [1.29, 1.82) is 0 Å². The summed E-state index contributed by atoms with van der Waals surface area (Å²) in [5.74, 6) is -3.20. The molecule has 7 heteroatoms. The van der Waals surface area contributed by atoms with E-state index in [1.807, 2.05) is 0 Å². The summed E-state index contributed by atoms with van der Waals surface area (Å²) >= 11 is 0. The fourth-order valence-corrected chi connectivity index (χ4v) is 0.596.